The number of ether oxygens (including phenoxy) is 1. The third-order valence-electron chi connectivity index (χ3n) is 3.66. The van der Waals surface area contributed by atoms with E-state index in [0.717, 1.165) is 6.54 Å². The molecule has 0 heterocycles. The molecule has 0 saturated heterocycles. The largest absolute Gasteiger partial charge is 0.389 e. The van der Waals surface area contributed by atoms with Crippen LogP contribution in [0.15, 0.2) is 54.6 Å². The molecule has 2 aromatic rings. The van der Waals surface area contributed by atoms with E-state index >= 15 is 0 Å². The van der Waals surface area contributed by atoms with Gasteiger partial charge in [0, 0.05) is 13.1 Å². The Morgan fingerprint density at radius 3 is 2.17 bits per heavy atom. The van der Waals surface area contributed by atoms with Crippen LogP contribution in [-0.2, 0) is 11.3 Å². The average Bonchev–Trinajstić information content (AvgIpc) is 2.54. The first-order chi connectivity index (χ1) is 11.0. The number of hydrogen-bond donors (Lipinski definition) is 1. The monoisotopic (exact) mass is 313 g/mol. The summed E-state index contributed by atoms with van der Waals surface area (Å²) in [6.07, 6.45) is -0.300. The lowest BCUT2D eigenvalue weighted by molar-refractivity contribution is -0.00634. The van der Waals surface area contributed by atoms with Crippen LogP contribution >= 0.6 is 0 Å². The molecule has 0 aliphatic rings. The van der Waals surface area contributed by atoms with Gasteiger partial charge in [0.05, 0.1) is 18.8 Å². The van der Waals surface area contributed by atoms with Crippen molar-refractivity contribution in [3.05, 3.63) is 60.2 Å². The standard InChI is InChI=1S/C20H27NO2/c1-16(2)23-15-20(22)14-21(3)13-17-9-11-19(12-10-17)18-7-5-4-6-8-18/h4-12,16,20,22H,13-15H2,1-3H3. The van der Waals surface area contributed by atoms with Gasteiger partial charge in [0.15, 0.2) is 0 Å². The molecule has 0 saturated carbocycles. The van der Waals surface area contributed by atoms with Gasteiger partial charge in [-0.2, -0.15) is 0 Å². The Balaban J connectivity index is 1.85. The molecular formula is C20H27NO2. The van der Waals surface area contributed by atoms with Gasteiger partial charge in [0.25, 0.3) is 0 Å². The van der Waals surface area contributed by atoms with Crippen molar-refractivity contribution < 1.29 is 9.84 Å². The van der Waals surface area contributed by atoms with E-state index in [-0.39, 0.29) is 6.10 Å². The van der Waals surface area contributed by atoms with Crippen LogP contribution in [0.3, 0.4) is 0 Å². The fraction of sp³-hybridized carbons (Fsp3) is 0.400. The molecule has 124 valence electrons. The van der Waals surface area contributed by atoms with Gasteiger partial charge in [0.1, 0.15) is 0 Å². The lowest BCUT2D eigenvalue weighted by Gasteiger charge is -2.21. The Morgan fingerprint density at radius 1 is 0.957 bits per heavy atom. The molecule has 2 rings (SSSR count). The zero-order valence-electron chi connectivity index (χ0n) is 14.3. The Hall–Kier alpha value is -1.68. The van der Waals surface area contributed by atoms with Gasteiger partial charge in [-0.05, 0) is 37.6 Å². The predicted octanol–water partition coefficient (Wildman–Crippen LogP) is 3.57. The van der Waals surface area contributed by atoms with Crippen molar-refractivity contribution in [1.82, 2.24) is 4.90 Å². The second-order valence-electron chi connectivity index (χ2n) is 6.30. The molecule has 0 bridgehead atoms. The zero-order chi connectivity index (χ0) is 16.7. The molecule has 0 fully saturated rings. The molecule has 3 heteroatoms. The van der Waals surface area contributed by atoms with Crippen molar-refractivity contribution in [2.45, 2.75) is 32.6 Å². The molecule has 2 aromatic carbocycles. The summed E-state index contributed by atoms with van der Waals surface area (Å²) in [6, 6.07) is 19.0. The van der Waals surface area contributed by atoms with E-state index in [2.05, 4.69) is 53.4 Å². The van der Waals surface area contributed by atoms with Gasteiger partial charge in [-0.3, -0.25) is 4.90 Å². The topological polar surface area (TPSA) is 32.7 Å². The van der Waals surface area contributed by atoms with E-state index in [9.17, 15) is 5.11 Å². The third-order valence-corrected chi connectivity index (χ3v) is 3.66. The molecule has 1 unspecified atom stereocenters. The summed E-state index contributed by atoms with van der Waals surface area (Å²) in [5, 5.41) is 9.97. The van der Waals surface area contributed by atoms with Crippen molar-refractivity contribution in [3.8, 4) is 11.1 Å². The summed E-state index contributed by atoms with van der Waals surface area (Å²) < 4.78 is 5.44. The Bertz CT molecular complexity index is 566. The van der Waals surface area contributed by atoms with Gasteiger partial charge in [-0.25, -0.2) is 0 Å². The normalized spacial score (nSPS) is 12.8. The van der Waals surface area contributed by atoms with E-state index < -0.39 is 6.10 Å². The lowest BCUT2D eigenvalue weighted by Crippen LogP contribution is -2.32. The highest BCUT2D eigenvalue weighted by molar-refractivity contribution is 5.63. The molecule has 0 aliphatic carbocycles. The minimum absolute atomic E-state index is 0.153. The number of benzene rings is 2. The maximum absolute atomic E-state index is 9.97. The summed E-state index contributed by atoms with van der Waals surface area (Å²) in [6.45, 7) is 5.76. The van der Waals surface area contributed by atoms with Gasteiger partial charge < -0.3 is 9.84 Å². The Labute approximate surface area is 139 Å². The first-order valence-electron chi connectivity index (χ1n) is 8.17. The van der Waals surface area contributed by atoms with Crippen LogP contribution < -0.4 is 0 Å². The van der Waals surface area contributed by atoms with E-state index in [1.165, 1.54) is 16.7 Å². The van der Waals surface area contributed by atoms with Gasteiger partial charge in [-0.15, -0.1) is 0 Å². The highest BCUT2D eigenvalue weighted by atomic mass is 16.5. The summed E-state index contributed by atoms with van der Waals surface area (Å²) in [5.74, 6) is 0. The molecule has 1 N–H and O–H groups in total. The van der Waals surface area contributed by atoms with Gasteiger partial charge >= 0.3 is 0 Å². The summed E-state index contributed by atoms with van der Waals surface area (Å²) >= 11 is 0. The maximum Gasteiger partial charge on any atom is 0.0900 e. The van der Waals surface area contributed by atoms with Crippen LogP contribution in [0.4, 0.5) is 0 Å². The second kappa shape index (κ2) is 8.82. The van der Waals surface area contributed by atoms with Gasteiger partial charge in [0.2, 0.25) is 0 Å². The van der Waals surface area contributed by atoms with Gasteiger partial charge in [-0.1, -0.05) is 54.6 Å². The smallest absolute Gasteiger partial charge is 0.0900 e. The average molecular weight is 313 g/mol. The molecule has 0 radical (unpaired) electrons. The quantitative estimate of drug-likeness (QED) is 0.808. The minimum Gasteiger partial charge on any atom is -0.389 e. The zero-order valence-corrected chi connectivity index (χ0v) is 14.3. The van der Waals surface area contributed by atoms with Crippen molar-refractivity contribution in [2.24, 2.45) is 0 Å². The van der Waals surface area contributed by atoms with Crippen molar-refractivity contribution >= 4 is 0 Å². The second-order valence-corrected chi connectivity index (χ2v) is 6.30. The molecule has 1 atom stereocenters. The highest BCUT2D eigenvalue weighted by Gasteiger charge is 2.10. The van der Waals surface area contributed by atoms with Crippen LogP contribution in [0.1, 0.15) is 19.4 Å². The molecule has 0 amide bonds. The fourth-order valence-corrected chi connectivity index (χ4v) is 2.53. The number of aliphatic hydroxyl groups excluding tert-OH is 1. The predicted molar refractivity (Wildman–Crippen MR) is 95.3 cm³/mol. The molecule has 23 heavy (non-hydrogen) atoms. The van der Waals surface area contributed by atoms with Crippen LogP contribution in [0.25, 0.3) is 11.1 Å². The number of aliphatic hydroxyl groups is 1. The first kappa shape index (κ1) is 17.7. The molecule has 0 aliphatic heterocycles. The van der Waals surface area contributed by atoms with Crippen LogP contribution in [0, 0.1) is 0 Å². The Kier molecular flexibility index (Phi) is 6.78. The van der Waals surface area contributed by atoms with Crippen molar-refractivity contribution in [2.75, 3.05) is 20.2 Å². The van der Waals surface area contributed by atoms with Crippen LogP contribution in [0.2, 0.25) is 0 Å². The highest BCUT2D eigenvalue weighted by Crippen LogP contribution is 2.19. The third kappa shape index (κ3) is 6.14. The van der Waals surface area contributed by atoms with Crippen molar-refractivity contribution in [1.29, 1.82) is 0 Å². The number of likely N-dealkylation sites (N-methyl/N-ethyl adjacent to an activating group) is 1. The maximum atomic E-state index is 9.97. The summed E-state index contributed by atoms with van der Waals surface area (Å²) in [5.41, 5.74) is 3.69. The van der Waals surface area contributed by atoms with E-state index in [1.807, 2.05) is 27.0 Å². The number of nitrogens with zero attached hydrogens (tertiary/aromatic N) is 1. The minimum atomic E-state index is -0.453. The molecule has 3 nitrogen and oxygen atoms in total. The van der Waals surface area contributed by atoms with E-state index in [4.69, 9.17) is 4.74 Å². The number of hydrogen-bond acceptors (Lipinski definition) is 3. The summed E-state index contributed by atoms with van der Waals surface area (Å²) in [7, 11) is 2.02. The Morgan fingerprint density at radius 2 is 1.57 bits per heavy atom. The first-order valence-corrected chi connectivity index (χ1v) is 8.17. The SMILES string of the molecule is CC(C)OCC(O)CN(C)Cc1ccc(-c2ccccc2)cc1. The van der Waals surface area contributed by atoms with E-state index in [0.29, 0.717) is 13.2 Å². The number of rotatable bonds is 8. The van der Waals surface area contributed by atoms with Crippen LogP contribution in [-0.4, -0.2) is 42.4 Å². The van der Waals surface area contributed by atoms with Crippen molar-refractivity contribution in [3.63, 3.8) is 0 Å². The summed E-state index contributed by atoms with van der Waals surface area (Å²) in [4.78, 5) is 2.12. The fourth-order valence-electron chi connectivity index (χ4n) is 2.53. The van der Waals surface area contributed by atoms with Crippen LogP contribution in [0.5, 0.6) is 0 Å². The molecule has 0 spiro atoms. The lowest BCUT2D eigenvalue weighted by atomic mass is 10.0. The van der Waals surface area contributed by atoms with E-state index in [1.54, 1.807) is 0 Å². The molecule has 0 aromatic heterocycles. The molecular weight excluding hydrogens is 286 g/mol.